The van der Waals surface area contributed by atoms with E-state index in [4.69, 9.17) is 0 Å². The summed E-state index contributed by atoms with van der Waals surface area (Å²) in [5, 5.41) is 2.89. The predicted octanol–water partition coefficient (Wildman–Crippen LogP) is 1.34. The molecule has 1 saturated carbocycles. The molecule has 3 atom stereocenters. The second-order valence-electron chi connectivity index (χ2n) is 4.13. The quantitative estimate of drug-likeness (QED) is 0.699. The van der Waals surface area contributed by atoms with Gasteiger partial charge in [-0.2, -0.15) is 0 Å². The van der Waals surface area contributed by atoms with Gasteiger partial charge in [0.2, 0.25) is 5.91 Å². The first-order chi connectivity index (χ1) is 6.22. The van der Waals surface area contributed by atoms with E-state index in [9.17, 15) is 4.79 Å². The lowest BCUT2D eigenvalue weighted by molar-refractivity contribution is -0.120. The third kappa shape index (κ3) is 1.60. The van der Waals surface area contributed by atoms with Crippen LogP contribution >= 0.6 is 0 Å². The second kappa shape index (κ2) is 3.13. The van der Waals surface area contributed by atoms with Crippen LogP contribution in [0.3, 0.4) is 0 Å². The first kappa shape index (κ1) is 8.73. The highest BCUT2D eigenvalue weighted by Crippen LogP contribution is 2.39. The van der Waals surface area contributed by atoms with E-state index in [-0.39, 0.29) is 11.9 Å². The van der Waals surface area contributed by atoms with Crippen LogP contribution in [-0.4, -0.2) is 17.8 Å². The Morgan fingerprint density at radius 2 is 2.31 bits per heavy atom. The number of amides is 1. The summed E-state index contributed by atoms with van der Waals surface area (Å²) in [7, 11) is 0. The van der Waals surface area contributed by atoms with Crippen LogP contribution in [0.5, 0.6) is 0 Å². The number of aliphatic imine (C=N–C) groups is 1. The lowest BCUT2D eigenvalue weighted by atomic mass is 10.2. The van der Waals surface area contributed by atoms with Crippen LogP contribution in [-0.2, 0) is 4.79 Å². The Kier molecular flexibility index (Phi) is 2.10. The normalized spacial score (nSPS) is 37.2. The molecule has 1 heterocycles. The zero-order valence-corrected chi connectivity index (χ0v) is 8.21. The van der Waals surface area contributed by atoms with Crippen LogP contribution in [0.1, 0.15) is 33.1 Å². The van der Waals surface area contributed by atoms with Crippen LogP contribution in [0.15, 0.2) is 4.99 Å². The number of carbonyl (C=O) groups excluding carboxylic acids is 1. The number of nitrogens with one attached hydrogen (secondary N) is 1. The van der Waals surface area contributed by atoms with Crippen molar-refractivity contribution in [3.63, 3.8) is 0 Å². The Balaban J connectivity index is 1.99. The van der Waals surface area contributed by atoms with Crippen LogP contribution in [0.2, 0.25) is 0 Å². The molecule has 0 radical (unpaired) electrons. The molecule has 3 unspecified atom stereocenters. The lowest BCUT2D eigenvalue weighted by Crippen LogP contribution is -2.29. The van der Waals surface area contributed by atoms with Crippen molar-refractivity contribution in [2.75, 3.05) is 0 Å². The molecule has 0 bridgehead atoms. The Morgan fingerprint density at radius 3 is 2.85 bits per heavy atom. The van der Waals surface area contributed by atoms with Crippen molar-refractivity contribution in [3.05, 3.63) is 0 Å². The number of nitrogens with zero attached hydrogens (tertiary/aromatic N) is 1. The Morgan fingerprint density at radius 1 is 1.62 bits per heavy atom. The van der Waals surface area contributed by atoms with Crippen molar-refractivity contribution in [1.29, 1.82) is 0 Å². The van der Waals surface area contributed by atoms with Gasteiger partial charge in [-0.05, 0) is 18.8 Å². The van der Waals surface area contributed by atoms with E-state index in [1.807, 2.05) is 0 Å². The summed E-state index contributed by atoms with van der Waals surface area (Å²) < 4.78 is 0. The summed E-state index contributed by atoms with van der Waals surface area (Å²) in [6.45, 7) is 4.28. The molecular weight excluding hydrogens is 164 g/mol. The smallest absolute Gasteiger partial charge is 0.250 e. The molecule has 1 N–H and O–H groups in total. The van der Waals surface area contributed by atoms with Gasteiger partial charge in [0.15, 0.2) is 0 Å². The summed E-state index contributed by atoms with van der Waals surface area (Å²) in [6.07, 6.45) is 3.10. The molecule has 1 aliphatic heterocycles. The van der Waals surface area contributed by atoms with Gasteiger partial charge in [0.1, 0.15) is 11.9 Å². The van der Waals surface area contributed by atoms with Crippen LogP contribution < -0.4 is 5.32 Å². The summed E-state index contributed by atoms with van der Waals surface area (Å²) in [5.41, 5.74) is 0. The van der Waals surface area contributed by atoms with Gasteiger partial charge in [0.05, 0.1) is 0 Å². The van der Waals surface area contributed by atoms with Gasteiger partial charge in [-0.3, -0.25) is 9.79 Å². The minimum atomic E-state index is -0.0900. The van der Waals surface area contributed by atoms with Gasteiger partial charge in [-0.15, -0.1) is 0 Å². The molecule has 2 rings (SSSR count). The topological polar surface area (TPSA) is 41.5 Å². The third-order valence-corrected chi connectivity index (χ3v) is 2.87. The first-order valence-corrected chi connectivity index (χ1v) is 5.11. The Hall–Kier alpha value is -0.860. The summed E-state index contributed by atoms with van der Waals surface area (Å²) in [4.78, 5) is 15.8. The van der Waals surface area contributed by atoms with E-state index in [0.29, 0.717) is 5.92 Å². The van der Waals surface area contributed by atoms with E-state index in [1.165, 1.54) is 6.42 Å². The zero-order chi connectivity index (χ0) is 9.42. The zero-order valence-electron chi connectivity index (χ0n) is 8.21. The van der Waals surface area contributed by atoms with Crippen LogP contribution in [0.25, 0.3) is 0 Å². The molecule has 13 heavy (non-hydrogen) atoms. The molecule has 3 nitrogen and oxygen atoms in total. The number of rotatable bonds is 3. The van der Waals surface area contributed by atoms with E-state index >= 15 is 0 Å². The average molecular weight is 180 g/mol. The SMILES string of the molecule is CCCC1N=C(C2CC2C)NC1=O. The lowest BCUT2D eigenvalue weighted by Gasteiger charge is -1.99. The molecule has 72 valence electrons. The van der Waals surface area contributed by atoms with E-state index in [1.54, 1.807) is 0 Å². The summed E-state index contributed by atoms with van der Waals surface area (Å²) in [6, 6.07) is -0.0900. The third-order valence-electron chi connectivity index (χ3n) is 2.87. The minimum absolute atomic E-state index is 0.0900. The van der Waals surface area contributed by atoms with Crippen LogP contribution in [0.4, 0.5) is 0 Å². The Bertz CT molecular complexity index is 260. The van der Waals surface area contributed by atoms with Crippen molar-refractivity contribution in [2.45, 2.75) is 39.2 Å². The molecule has 0 aromatic heterocycles. The van der Waals surface area contributed by atoms with E-state index < -0.39 is 0 Å². The van der Waals surface area contributed by atoms with Gasteiger partial charge < -0.3 is 5.32 Å². The largest absolute Gasteiger partial charge is 0.312 e. The average Bonchev–Trinajstić information content (AvgIpc) is 2.69. The number of hydrogen-bond donors (Lipinski definition) is 1. The van der Waals surface area contributed by atoms with Crippen LogP contribution in [0, 0.1) is 11.8 Å². The van der Waals surface area contributed by atoms with Gasteiger partial charge in [-0.1, -0.05) is 20.3 Å². The van der Waals surface area contributed by atoms with Gasteiger partial charge in [-0.25, -0.2) is 0 Å². The van der Waals surface area contributed by atoms with E-state index in [2.05, 4.69) is 24.2 Å². The predicted molar refractivity (Wildman–Crippen MR) is 51.5 cm³/mol. The fourth-order valence-corrected chi connectivity index (χ4v) is 1.83. The molecule has 3 heteroatoms. The molecule has 0 spiro atoms. The monoisotopic (exact) mass is 180 g/mol. The summed E-state index contributed by atoms with van der Waals surface area (Å²) in [5.74, 6) is 2.33. The number of amidine groups is 1. The molecule has 1 aliphatic carbocycles. The number of carbonyl (C=O) groups is 1. The molecular formula is C10H16N2O. The van der Waals surface area contributed by atoms with Gasteiger partial charge in [0, 0.05) is 5.92 Å². The molecule has 0 aromatic rings. The molecule has 2 aliphatic rings. The van der Waals surface area contributed by atoms with Crippen molar-refractivity contribution in [3.8, 4) is 0 Å². The van der Waals surface area contributed by atoms with Crippen molar-refractivity contribution in [1.82, 2.24) is 5.32 Å². The van der Waals surface area contributed by atoms with Gasteiger partial charge in [0.25, 0.3) is 0 Å². The highest BCUT2D eigenvalue weighted by molar-refractivity contribution is 6.07. The molecule has 1 amide bonds. The Labute approximate surface area is 78.6 Å². The summed E-state index contributed by atoms with van der Waals surface area (Å²) >= 11 is 0. The second-order valence-corrected chi connectivity index (χ2v) is 4.13. The van der Waals surface area contributed by atoms with Crippen molar-refractivity contribution < 1.29 is 4.79 Å². The highest BCUT2D eigenvalue weighted by atomic mass is 16.2. The maximum Gasteiger partial charge on any atom is 0.250 e. The van der Waals surface area contributed by atoms with Crippen molar-refractivity contribution >= 4 is 11.7 Å². The van der Waals surface area contributed by atoms with E-state index in [0.717, 1.165) is 24.6 Å². The fraction of sp³-hybridized carbons (Fsp3) is 0.800. The highest BCUT2D eigenvalue weighted by Gasteiger charge is 2.41. The maximum atomic E-state index is 11.4. The standard InChI is InChI=1S/C10H16N2O/c1-3-4-8-10(13)12-9(11-8)7-5-6(7)2/h6-8H,3-5H2,1-2H3,(H,11,12,13). The number of hydrogen-bond acceptors (Lipinski definition) is 2. The fourth-order valence-electron chi connectivity index (χ4n) is 1.83. The molecule has 1 fully saturated rings. The minimum Gasteiger partial charge on any atom is -0.312 e. The maximum absolute atomic E-state index is 11.4. The van der Waals surface area contributed by atoms with Crippen molar-refractivity contribution in [2.24, 2.45) is 16.8 Å². The molecule has 0 aromatic carbocycles. The first-order valence-electron chi connectivity index (χ1n) is 5.11. The van der Waals surface area contributed by atoms with Gasteiger partial charge >= 0.3 is 0 Å². The molecule has 0 saturated heterocycles.